The van der Waals surface area contributed by atoms with Gasteiger partial charge in [0.2, 0.25) is 0 Å². The summed E-state index contributed by atoms with van der Waals surface area (Å²) in [7, 11) is 1.64. The molecule has 0 unspecified atom stereocenters. The van der Waals surface area contributed by atoms with Crippen molar-refractivity contribution < 1.29 is 14.2 Å². The molecule has 4 heteroatoms. The minimum absolute atomic E-state index is 0.132. The molecule has 3 nitrogen and oxygen atoms in total. The molecule has 0 amide bonds. The van der Waals surface area contributed by atoms with Crippen LogP contribution in [-0.2, 0) is 10.1 Å². The van der Waals surface area contributed by atoms with E-state index >= 15 is 0 Å². The molecule has 0 bridgehead atoms. The van der Waals surface area contributed by atoms with Crippen molar-refractivity contribution in [2.75, 3.05) is 20.3 Å². The first-order valence-corrected chi connectivity index (χ1v) is 7.08. The number of alkyl halides is 1. The molecule has 18 heavy (non-hydrogen) atoms. The van der Waals surface area contributed by atoms with Crippen LogP contribution in [-0.4, -0.2) is 25.9 Å². The molecule has 0 aliphatic rings. The standard InChI is InChI=1S/C14H21BrO3/c1-14(2,3)18-8-7-17-12-6-5-11(10-15)9-13(12)16-4/h5-6,9H,7-8,10H2,1-4H3. The molecule has 0 spiro atoms. The zero-order valence-electron chi connectivity index (χ0n) is 11.5. The van der Waals surface area contributed by atoms with E-state index in [0.717, 1.165) is 22.4 Å². The fraction of sp³-hybridized carbons (Fsp3) is 0.571. The average molecular weight is 317 g/mol. The summed E-state index contributed by atoms with van der Waals surface area (Å²) in [5, 5.41) is 0.802. The lowest BCUT2D eigenvalue weighted by atomic mass is 10.2. The van der Waals surface area contributed by atoms with E-state index in [1.807, 2.05) is 39.0 Å². The molecular weight excluding hydrogens is 296 g/mol. The Kier molecular flexibility index (Phi) is 5.96. The summed E-state index contributed by atoms with van der Waals surface area (Å²) in [5.74, 6) is 1.50. The number of methoxy groups -OCH3 is 1. The number of halogens is 1. The molecule has 0 aliphatic heterocycles. The smallest absolute Gasteiger partial charge is 0.161 e. The SMILES string of the molecule is COc1cc(CBr)ccc1OCCOC(C)(C)C. The average Bonchev–Trinajstić information content (AvgIpc) is 2.33. The van der Waals surface area contributed by atoms with Gasteiger partial charge in [-0.25, -0.2) is 0 Å². The second-order valence-corrected chi connectivity index (χ2v) is 5.49. The van der Waals surface area contributed by atoms with Crippen molar-refractivity contribution in [3.8, 4) is 11.5 Å². The molecule has 0 atom stereocenters. The van der Waals surface area contributed by atoms with Gasteiger partial charge in [-0.05, 0) is 38.5 Å². The zero-order chi connectivity index (χ0) is 13.6. The van der Waals surface area contributed by atoms with Gasteiger partial charge in [0.1, 0.15) is 6.61 Å². The molecule has 0 saturated heterocycles. The van der Waals surface area contributed by atoms with Crippen molar-refractivity contribution in [1.29, 1.82) is 0 Å². The van der Waals surface area contributed by atoms with E-state index < -0.39 is 0 Å². The summed E-state index contributed by atoms with van der Waals surface area (Å²) in [6, 6.07) is 5.90. The monoisotopic (exact) mass is 316 g/mol. The van der Waals surface area contributed by atoms with Crippen LogP contribution >= 0.6 is 15.9 Å². The molecule has 0 N–H and O–H groups in total. The molecule has 0 fully saturated rings. The molecule has 0 aromatic heterocycles. The van der Waals surface area contributed by atoms with E-state index in [1.54, 1.807) is 7.11 Å². The topological polar surface area (TPSA) is 27.7 Å². The number of hydrogen-bond donors (Lipinski definition) is 0. The van der Waals surface area contributed by atoms with Gasteiger partial charge >= 0.3 is 0 Å². The highest BCUT2D eigenvalue weighted by atomic mass is 79.9. The molecule has 102 valence electrons. The summed E-state index contributed by atoms with van der Waals surface area (Å²) in [6.45, 7) is 7.16. The predicted molar refractivity (Wildman–Crippen MR) is 76.8 cm³/mol. The van der Waals surface area contributed by atoms with Crippen molar-refractivity contribution in [2.45, 2.75) is 31.7 Å². The predicted octanol–water partition coefficient (Wildman–Crippen LogP) is 3.78. The van der Waals surface area contributed by atoms with E-state index in [2.05, 4.69) is 15.9 Å². The van der Waals surface area contributed by atoms with Gasteiger partial charge in [-0.1, -0.05) is 22.0 Å². The fourth-order valence-electron chi connectivity index (χ4n) is 1.41. The number of rotatable bonds is 6. The van der Waals surface area contributed by atoms with Crippen molar-refractivity contribution >= 4 is 15.9 Å². The van der Waals surface area contributed by atoms with Gasteiger partial charge in [-0.15, -0.1) is 0 Å². The third-order valence-electron chi connectivity index (χ3n) is 2.26. The lowest BCUT2D eigenvalue weighted by Gasteiger charge is -2.19. The maximum Gasteiger partial charge on any atom is 0.161 e. The van der Waals surface area contributed by atoms with E-state index in [4.69, 9.17) is 14.2 Å². The Morgan fingerprint density at radius 1 is 1.11 bits per heavy atom. The normalized spacial score (nSPS) is 11.4. The second kappa shape index (κ2) is 7.00. The zero-order valence-corrected chi connectivity index (χ0v) is 13.0. The molecule has 0 heterocycles. The van der Waals surface area contributed by atoms with Crippen LogP contribution in [0.3, 0.4) is 0 Å². The van der Waals surface area contributed by atoms with Gasteiger partial charge in [-0.3, -0.25) is 0 Å². The summed E-state index contributed by atoms with van der Waals surface area (Å²) in [4.78, 5) is 0. The van der Waals surface area contributed by atoms with Gasteiger partial charge in [0, 0.05) is 5.33 Å². The Morgan fingerprint density at radius 3 is 2.39 bits per heavy atom. The van der Waals surface area contributed by atoms with Crippen LogP contribution in [0.4, 0.5) is 0 Å². The highest BCUT2D eigenvalue weighted by molar-refractivity contribution is 9.08. The first-order valence-electron chi connectivity index (χ1n) is 5.96. The fourth-order valence-corrected chi connectivity index (χ4v) is 1.76. The minimum atomic E-state index is -0.132. The maximum atomic E-state index is 5.66. The summed E-state index contributed by atoms with van der Waals surface area (Å²) < 4.78 is 16.6. The summed E-state index contributed by atoms with van der Waals surface area (Å²) in [6.07, 6.45) is 0. The van der Waals surface area contributed by atoms with Crippen LogP contribution in [0.25, 0.3) is 0 Å². The summed E-state index contributed by atoms with van der Waals surface area (Å²) >= 11 is 3.41. The van der Waals surface area contributed by atoms with E-state index in [9.17, 15) is 0 Å². The van der Waals surface area contributed by atoms with Gasteiger partial charge < -0.3 is 14.2 Å². The number of benzene rings is 1. The third kappa shape index (κ3) is 5.27. The lowest BCUT2D eigenvalue weighted by molar-refractivity contribution is -0.0165. The Labute approximate surface area is 118 Å². The van der Waals surface area contributed by atoms with Crippen molar-refractivity contribution in [3.05, 3.63) is 23.8 Å². The maximum absolute atomic E-state index is 5.66. The number of ether oxygens (including phenoxy) is 3. The molecule has 1 aromatic rings. The van der Waals surface area contributed by atoms with Gasteiger partial charge in [0.15, 0.2) is 11.5 Å². The largest absolute Gasteiger partial charge is 0.493 e. The Morgan fingerprint density at radius 2 is 1.83 bits per heavy atom. The minimum Gasteiger partial charge on any atom is -0.493 e. The van der Waals surface area contributed by atoms with Crippen LogP contribution in [0, 0.1) is 0 Å². The molecular formula is C14H21BrO3. The molecule has 0 saturated carbocycles. The molecule has 0 aliphatic carbocycles. The quantitative estimate of drug-likeness (QED) is 0.590. The molecule has 1 rings (SSSR count). The van der Waals surface area contributed by atoms with E-state index in [0.29, 0.717) is 13.2 Å². The van der Waals surface area contributed by atoms with Gasteiger partial charge in [-0.2, -0.15) is 0 Å². The van der Waals surface area contributed by atoms with Crippen molar-refractivity contribution in [2.24, 2.45) is 0 Å². The molecule has 1 aromatic carbocycles. The highest BCUT2D eigenvalue weighted by Crippen LogP contribution is 2.28. The van der Waals surface area contributed by atoms with Gasteiger partial charge in [0.25, 0.3) is 0 Å². The van der Waals surface area contributed by atoms with Gasteiger partial charge in [0.05, 0.1) is 19.3 Å². The molecule has 0 radical (unpaired) electrons. The van der Waals surface area contributed by atoms with E-state index in [-0.39, 0.29) is 5.60 Å². The Bertz CT molecular complexity index is 372. The third-order valence-corrected chi connectivity index (χ3v) is 2.91. The Hall–Kier alpha value is -0.740. The lowest BCUT2D eigenvalue weighted by Crippen LogP contribution is -2.22. The van der Waals surface area contributed by atoms with E-state index in [1.165, 1.54) is 0 Å². The Balaban J connectivity index is 2.51. The first-order chi connectivity index (χ1) is 8.46. The number of hydrogen-bond acceptors (Lipinski definition) is 3. The van der Waals surface area contributed by atoms with Crippen molar-refractivity contribution in [1.82, 2.24) is 0 Å². The van der Waals surface area contributed by atoms with Crippen molar-refractivity contribution in [3.63, 3.8) is 0 Å². The second-order valence-electron chi connectivity index (χ2n) is 4.93. The van der Waals surface area contributed by atoms with Crippen LogP contribution in [0.5, 0.6) is 11.5 Å². The highest BCUT2D eigenvalue weighted by Gasteiger charge is 2.10. The van der Waals surface area contributed by atoms with Crippen LogP contribution in [0.2, 0.25) is 0 Å². The first kappa shape index (κ1) is 15.3. The summed E-state index contributed by atoms with van der Waals surface area (Å²) in [5.41, 5.74) is 1.03. The van der Waals surface area contributed by atoms with Crippen LogP contribution in [0.1, 0.15) is 26.3 Å². The van der Waals surface area contributed by atoms with Crippen LogP contribution < -0.4 is 9.47 Å². The van der Waals surface area contributed by atoms with Crippen LogP contribution in [0.15, 0.2) is 18.2 Å².